The fourth-order valence-corrected chi connectivity index (χ4v) is 4.45. The summed E-state index contributed by atoms with van der Waals surface area (Å²) in [7, 11) is 0. The first kappa shape index (κ1) is 17.4. The average molecular weight is 374 g/mol. The molecule has 0 radical (unpaired) electrons. The number of nitrogens with zero attached hydrogens (tertiary/aromatic N) is 1. The molecular weight excluding hydrogens is 350 g/mol. The van der Waals surface area contributed by atoms with Gasteiger partial charge in [-0.2, -0.15) is 0 Å². The monoisotopic (exact) mass is 373 g/mol. The molecule has 2 aliphatic rings. The Bertz CT molecular complexity index is 718. The second kappa shape index (κ2) is 7.72. The molecule has 2 saturated heterocycles. The van der Waals surface area contributed by atoms with Crippen molar-refractivity contribution in [3.05, 3.63) is 53.4 Å². The van der Waals surface area contributed by atoms with E-state index < -0.39 is 0 Å². The number of benzene rings is 1. The summed E-state index contributed by atoms with van der Waals surface area (Å²) in [5, 5.41) is 6.71. The van der Waals surface area contributed by atoms with Gasteiger partial charge in [0.15, 0.2) is 0 Å². The fourth-order valence-electron chi connectivity index (χ4n) is 4.32. The summed E-state index contributed by atoms with van der Waals surface area (Å²) in [4.78, 5) is 14.9. The summed E-state index contributed by atoms with van der Waals surface area (Å²) in [6, 6.07) is 12.2. The van der Waals surface area contributed by atoms with E-state index >= 15 is 0 Å². The van der Waals surface area contributed by atoms with Crippen molar-refractivity contribution < 1.29 is 9.21 Å². The van der Waals surface area contributed by atoms with Gasteiger partial charge in [-0.25, -0.2) is 4.79 Å². The maximum absolute atomic E-state index is 12.3. The lowest BCUT2D eigenvalue weighted by Gasteiger charge is -2.48. The van der Waals surface area contributed by atoms with Gasteiger partial charge >= 0.3 is 6.03 Å². The minimum Gasteiger partial charge on any atom is -0.468 e. The third-order valence-corrected chi connectivity index (χ3v) is 5.73. The molecule has 138 valence electrons. The second-order valence-corrected chi connectivity index (χ2v) is 7.70. The number of urea groups is 1. The predicted octanol–water partition coefficient (Wildman–Crippen LogP) is 4.64. The molecule has 0 saturated carbocycles. The Balaban J connectivity index is 1.34. The number of furan rings is 1. The van der Waals surface area contributed by atoms with Crippen LogP contribution in [0.15, 0.2) is 47.1 Å². The highest BCUT2D eigenvalue weighted by atomic mass is 35.5. The first-order valence-electron chi connectivity index (χ1n) is 9.28. The van der Waals surface area contributed by atoms with Crippen LogP contribution in [0.5, 0.6) is 0 Å². The molecule has 4 rings (SSSR count). The van der Waals surface area contributed by atoms with E-state index in [4.69, 9.17) is 16.0 Å². The van der Waals surface area contributed by atoms with Crippen molar-refractivity contribution in [1.82, 2.24) is 10.2 Å². The maximum Gasteiger partial charge on any atom is 0.319 e. The van der Waals surface area contributed by atoms with Crippen molar-refractivity contribution in [2.24, 2.45) is 0 Å². The lowest BCUT2D eigenvalue weighted by atomic mass is 9.81. The molecule has 3 atom stereocenters. The zero-order valence-corrected chi connectivity index (χ0v) is 15.4. The van der Waals surface area contributed by atoms with E-state index in [0.717, 1.165) is 30.8 Å². The molecule has 2 amide bonds. The van der Waals surface area contributed by atoms with Gasteiger partial charge in [0.05, 0.1) is 12.8 Å². The number of carbonyl (C=O) groups is 1. The van der Waals surface area contributed by atoms with Crippen LogP contribution >= 0.6 is 11.6 Å². The number of fused-ring (bicyclic) bond motifs is 2. The lowest BCUT2D eigenvalue weighted by molar-refractivity contribution is 0.0150. The van der Waals surface area contributed by atoms with E-state index in [-0.39, 0.29) is 12.1 Å². The van der Waals surface area contributed by atoms with Crippen LogP contribution < -0.4 is 10.6 Å². The van der Waals surface area contributed by atoms with Crippen LogP contribution in [-0.4, -0.2) is 29.1 Å². The maximum atomic E-state index is 12.3. The van der Waals surface area contributed by atoms with E-state index in [1.807, 2.05) is 24.3 Å². The molecule has 1 aromatic carbocycles. The normalized spacial score (nSPS) is 25.7. The molecule has 0 aliphatic carbocycles. The molecule has 1 unspecified atom stereocenters. The summed E-state index contributed by atoms with van der Waals surface area (Å²) in [6.45, 7) is 0.867. The number of piperidine rings is 2. The Morgan fingerprint density at radius 2 is 1.88 bits per heavy atom. The average Bonchev–Trinajstić information content (AvgIpc) is 3.11. The Hall–Kier alpha value is -1.98. The minimum atomic E-state index is -0.144. The van der Waals surface area contributed by atoms with Gasteiger partial charge in [0.1, 0.15) is 5.76 Å². The SMILES string of the molecule is O=C(Nc1ccc(Cl)cc1)NC1C[C@H]2CCC[C@@H](C1)N2Cc1ccco1. The van der Waals surface area contributed by atoms with Crippen LogP contribution in [0.2, 0.25) is 5.02 Å². The van der Waals surface area contributed by atoms with Crippen molar-refractivity contribution in [3.8, 4) is 0 Å². The number of nitrogens with one attached hydrogen (secondary N) is 2. The van der Waals surface area contributed by atoms with Crippen LogP contribution in [0.3, 0.4) is 0 Å². The van der Waals surface area contributed by atoms with Gasteiger partial charge in [0.25, 0.3) is 0 Å². The number of anilines is 1. The predicted molar refractivity (Wildman–Crippen MR) is 102 cm³/mol. The summed E-state index contributed by atoms with van der Waals surface area (Å²) >= 11 is 5.88. The molecular formula is C20H24ClN3O2. The van der Waals surface area contributed by atoms with Crippen molar-refractivity contribution >= 4 is 23.3 Å². The van der Waals surface area contributed by atoms with E-state index in [9.17, 15) is 4.79 Å². The van der Waals surface area contributed by atoms with Crippen LogP contribution in [0.1, 0.15) is 37.9 Å². The van der Waals surface area contributed by atoms with Crippen LogP contribution in [0.4, 0.5) is 10.5 Å². The van der Waals surface area contributed by atoms with Crippen molar-refractivity contribution in [3.63, 3.8) is 0 Å². The molecule has 26 heavy (non-hydrogen) atoms. The number of amides is 2. The molecule has 2 aromatic rings. The van der Waals surface area contributed by atoms with Crippen LogP contribution in [-0.2, 0) is 6.54 Å². The van der Waals surface area contributed by atoms with Gasteiger partial charge in [-0.15, -0.1) is 0 Å². The highest BCUT2D eigenvalue weighted by Crippen LogP contribution is 2.35. The van der Waals surface area contributed by atoms with E-state index in [0.29, 0.717) is 17.1 Å². The third-order valence-electron chi connectivity index (χ3n) is 5.48. The smallest absolute Gasteiger partial charge is 0.319 e. The highest BCUT2D eigenvalue weighted by molar-refractivity contribution is 6.30. The molecule has 2 aliphatic heterocycles. The van der Waals surface area contributed by atoms with E-state index in [2.05, 4.69) is 15.5 Å². The van der Waals surface area contributed by atoms with E-state index in [1.54, 1.807) is 18.4 Å². The topological polar surface area (TPSA) is 57.5 Å². The first-order valence-corrected chi connectivity index (χ1v) is 9.66. The largest absolute Gasteiger partial charge is 0.468 e. The van der Waals surface area contributed by atoms with Gasteiger partial charge in [0, 0.05) is 28.8 Å². The minimum absolute atomic E-state index is 0.144. The Labute approximate surface area is 158 Å². The van der Waals surface area contributed by atoms with E-state index in [1.165, 1.54) is 19.3 Å². The molecule has 0 spiro atoms. The Morgan fingerprint density at radius 3 is 2.54 bits per heavy atom. The number of hydrogen-bond acceptors (Lipinski definition) is 3. The molecule has 5 nitrogen and oxygen atoms in total. The second-order valence-electron chi connectivity index (χ2n) is 7.26. The zero-order valence-electron chi connectivity index (χ0n) is 14.7. The number of halogens is 1. The molecule has 2 fully saturated rings. The van der Waals surface area contributed by atoms with Crippen molar-refractivity contribution in [2.45, 2.75) is 56.8 Å². The van der Waals surface area contributed by atoms with Gasteiger partial charge in [-0.3, -0.25) is 4.90 Å². The summed E-state index contributed by atoms with van der Waals surface area (Å²) in [5.41, 5.74) is 0.752. The third kappa shape index (κ3) is 4.05. The first-order chi connectivity index (χ1) is 12.7. The molecule has 1 aromatic heterocycles. The van der Waals surface area contributed by atoms with Gasteiger partial charge < -0.3 is 15.1 Å². The lowest BCUT2D eigenvalue weighted by Crippen LogP contribution is -2.56. The Kier molecular flexibility index (Phi) is 5.18. The Morgan fingerprint density at radius 1 is 1.15 bits per heavy atom. The highest BCUT2D eigenvalue weighted by Gasteiger charge is 2.38. The fraction of sp³-hybridized carbons (Fsp3) is 0.450. The molecule has 3 heterocycles. The molecule has 6 heteroatoms. The zero-order chi connectivity index (χ0) is 17.9. The summed E-state index contributed by atoms with van der Waals surface area (Å²) < 4.78 is 5.54. The van der Waals surface area contributed by atoms with Crippen LogP contribution in [0.25, 0.3) is 0 Å². The van der Waals surface area contributed by atoms with Crippen molar-refractivity contribution in [1.29, 1.82) is 0 Å². The number of hydrogen-bond donors (Lipinski definition) is 2. The van der Waals surface area contributed by atoms with Gasteiger partial charge in [-0.05, 0) is 62.1 Å². The standard InChI is InChI=1S/C20H24ClN3O2/c21-14-6-8-15(9-7-14)22-20(25)23-16-11-17-3-1-4-18(12-16)24(17)13-19-5-2-10-26-19/h2,5-10,16-18H,1,3-4,11-13H2,(H2,22,23,25)/t16?,17-,18+. The summed E-state index contributed by atoms with van der Waals surface area (Å²) in [5.74, 6) is 1.02. The quantitative estimate of drug-likeness (QED) is 0.820. The van der Waals surface area contributed by atoms with Gasteiger partial charge in [-0.1, -0.05) is 18.0 Å². The molecule has 2 N–H and O–H groups in total. The van der Waals surface area contributed by atoms with Gasteiger partial charge in [0.2, 0.25) is 0 Å². The summed E-state index contributed by atoms with van der Waals surface area (Å²) in [6.07, 6.45) is 7.37. The number of rotatable bonds is 4. The van der Waals surface area contributed by atoms with Crippen LogP contribution in [0, 0.1) is 0 Å². The van der Waals surface area contributed by atoms with Crippen molar-refractivity contribution in [2.75, 3.05) is 5.32 Å². The molecule has 2 bridgehead atoms. The number of carbonyl (C=O) groups excluding carboxylic acids is 1.